The molecule has 0 aliphatic rings. The maximum atomic E-state index is 8.55. The lowest BCUT2D eigenvalue weighted by Crippen LogP contribution is -2.38. The molecule has 1 aromatic carbocycles. The summed E-state index contributed by atoms with van der Waals surface area (Å²) >= 11 is 0. The molecule has 82 valence electrons. The molecule has 0 aliphatic heterocycles. The van der Waals surface area contributed by atoms with Gasteiger partial charge in [0.25, 0.3) is 0 Å². The average molecular weight is 212 g/mol. The van der Waals surface area contributed by atoms with E-state index in [1.807, 2.05) is 13.0 Å². The molecule has 0 unspecified atom stereocenters. The molecule has 6 heteroatoms. The van der Waals surface area contributed by atoms with Gasteiger partial charge in [-0.25, -0.2) is 0 Å². The Hall–Kier alpha value is -1.08. The number of aryl methyl sites for hydroxylation is 2. The second kappa shape index (κ2) is 5.13. The Morgan fingerprint density at radius 3 is 2.20 bits per heavy atom. The quantitative estimate of drug-likeness (QED) is 0.442. The van der Waals surface area contributed by atoms with Crippen LogP contribution in [0.4, 0.5) is 0 Å². The third kappa shape index (κ3) is 2.48. The predicted octanol–water partition coefficient (Wildman–Crippen LogP) is 0.986. The molecule has 0 saturated heterocycles. The van der Waals surface area contributed by atoms with E-state index in [2.05, 4.69) is 9.61 Å². The molecule has 5 nitrogen and oxygen atoms in total. The maximum absolute atomic E-state index is 8.55. The molecule has 0 spiro atoms. The van der Waals surface area contributed by atoms with Gasteiger partial charge in [0.15, 0.2) is 0 Å². The summed E-state index contributed by atoms with van der Waals surface area (Å²) in [5, 5.41) is 17.1. The van der Waals surface area contributed by atoms with Crippen molar-refractivity contribution in [2.24, 2.45) is 0 Å². The molecular formula is C9H13BO5. The molecule has 0 atom stereocenters. The summed E-state index contributed by atoms with van der Waals surface area (Å²) in [7, 11) is 0.226. The number of hydrogen-bond acceptors (Lipinski definition) is 5. The number of rotatable bonds is 4. The molecule has 0 fully saturated rings. The topological polar surface area (TPSA) is 68.2 Å². The second-order valence-electron chi connectivity index (χ2n) is 3.24. The van der Waals surface area contributed by atoms with Crippen LogP contribution in [0.15, 0.2) is 12.1 Å². The Balaban J connectivity index is 3.24. The van der Waals surface area contributed by atoms with Gasteiger partial charge >= 0.3 is 7.12 Å². The number of benzene rings is 1. The van der Waals surface area contributed by atoms with Crippen LogP contribution in [0.3, 0.4) is 0 Å². The van der Waals surface area contributed by atoms with Gasteiger partial charge in [0.1, 0.15) is 5.75 Å². The largest absolute Gasteiger partial charge is 0.558 e. The smallest absolute Gasteiger partial charge is 0.497 e. The minimum Gasteiger partial charge on any atom is -0.497 e. The summed E-state index contributed by atoms with van der Waals surface area (Å²) in [4.78, 5) is 7.99. The minimum atomic E-state index is -1.26. The third-order valence-corrected chi connectivity index (χ3v) is 2.14. The van der Waals surface area contributed by atoms with E-state index in [1.54, 1.807) is 13.0 Å². The molecule has 0 radical (unpaired) electrons. The highest BCUT2D eigenvalue weighted by molar-refractivity contribution is 6.62. The average Bonchev–Trinajstić information content (AvgIpc) is 2.21. The van der Waals surface area contributed by atoms with E-state index in [0.29, 0.717) is 11.2 Å². The molecule has 15 heavy (non-hydrogen) atoms. The number of methoxy groups -OCH3 is 1. The van der Waals surface area contributed by atoms with Crippen LogP contribution in [0.5, 0.6) is 5.75 Å². The highest BCUT2D eigenvalue weighted by Gasteiger charge is 2.28. The summed E-state index contributed by atoms with van der Waals surface area (Å²) in [6, 6.07) is 3.62. The van der Waals surface area contributed by atoms with Gasteiger partial charge in [-0.05, 0) is 31.0 Å². The molecule has 0 aliphatic carbocycles. The van der Waals surface area contributed by atoms with Gasteiger partial charge in [0.05, 0.1) is 7.11 Å². The number of hydrogen-bond donors (Lipinski definition) is 2. The molecule has 0 amide bonds. The molecule has 1 rings (SSSR count). The van der Waals surface area contributed by atoms with Crippen molar-refractivity contribution in [2.75, 3.05) is 7.11 Å². The Labute approximate surface area is 88.2 Å². The van der Waals surface area contributed by atoms with Gasteiger partial charge in [-0.2, -0.15) is 0 Å². The lowest BCUT2D eigenvalue weighted by atomic mass is 9.75. The predicted molar refractivity (Wildman–Crippen MR) is 55.3 cm³/mol. The number of ether oxygens (including phenoxy) is 1. The molecule has 0 heterocycles. The zero-order chi connectivity index (χ0) is 11.4. The minimum absolute atomic E-state index is 0.452. The highest BCUT2D eigenvalue weighted by Crippen LogP contribution is 2.15. The first-order valence-electron chi connectivity index (χ1n) is 4.39. The summed E-state index contributed by atoms with van der Waals surface area (Å²) in [5.41, 5.74) is 2.25. The first-order valence-corrected chi connectivity index (χ1v) is 4.39. The van der Waals surface area contributed by atoms with Gasteiger partial charge < -0.3 is 4.74 Å². The second-order valence-corrected chi connectivity index (χ2v) is 3.24. The Bertz CT molecular complexity index is 338. The Morgan fingerprint density at radius 2 is 1.73 bits per heavy atom. The van der Waals surface area contributed by atoms with Crippen molar-refractivity contribution in [3.8, 4) is 5.75 Å². The Kier molecular flexibility index (Phi) is 4.10. The molecular weight excluding hydrogens is 199 g/mol. The van der Waals surface area contributed by atoms with E-state index >= 15 is 0 Å². The van der Waals surface area contributed by atoms with Crippen LogP contribution in [0, 0.1) is 13.8 Å². The van der Waals surface area contributed by atoms with E-state index in [9.17, 15) is 0 Å². The molecule has 0 saturated carbocycles. The van der Waals surface area contributed by atoms with E-state index < -0.39 is 7.12 Å². The Morgan fingerprint density at radius 1 is 1.13 bits per heavy atom. The van der Waals surface area contributed by atoms with E-state index in [4.69, 9.17) is 15.3 Å². The zero-order valence-corrected chi connectivity index (χ0v) is 8.85. The fraction of sp³-hybridized carbons (Fsp3) is 0.333. The fourth-order valence-corrected chi connectivity index (χ4v) is 1.54. The SMILES string of the molecule is COc1cc(C)cc(C)c1B(OO)OO. The molecule has 0 aromatic heterocycles. The first-order chi connectivity index (χ1) is 7.13. The summed E-state index contributed by atoms with van der Waals surface area (Å²) in [5.74, 6) is 0.487. The molecule has 2 N–H and O–H groups in total. The summed E-state index contributed by atoms with van der Waals surface area (Å²) in [6.45, 7) is 3.71. The van der Waals surface area contributed by atoms with Crippen LogP contribution in [0.2, 0.25) is 0 Å². The van der Waals surface area contributed by atoms with E-state index in [0.717, 1.165) is 11.1 Å². The van der Waals surface area contributed by atoms with Gasteiger partial charge in [0, 0.05) is 5.46 Å². The van der Waals surface area contributed by atoms with Crippen molar-refractivity contribution < 1.29 is 24.9 Å². The zero-order valence-electron chi connectivity index (χ0n) is 8.85. The van der Waals surface area contributed by atoms with E-state index in [1.165, 1.54) is 7.11 Å². The lowest BCUT2D eigenvalue weighted by molar-refractivity contribution is -0.221. The van der Waals surface area contributed by atoms with Crippen molar-refractivity contribution in [2.45, 2.75) is 13.8 Å². The molecule has 1 aromatic rings. The van der Waals surface area contributed by atoms with Gasteiger partial charge in [0.2, 0.25) is 0 Å². The van der Waals surface area contributed by atoms with Gasteiger partial charge in [-0.1, -0.05) is 6.07 Å². The van der Waals surface area contributed by atoms with Gasteiger partial charge in [-0.15, -0.1) is 0 Å². The van der Waals surface area contributed by atoms with Crippen molar-refractivity contribution in [3.63, 3.8) is 0 Å². The van der Waals surface area contributed by atoms with Crippen LogP contribution in [0.25, 0.3) is 0 Å². The van der Waals surface area contributed by atoms with Gasteiger partial charge in [-0.3, -0.25) is 20.1 Å². The lowest BCUT2D eigenvalue weighted by Gasteiger charge is -2.14. The normalized spacial score (nSPS) is 10.2. The van der Waals surface area contributed by atoms with Crippen molar-refractivity contribution in [3.05, 3.63) is 23.3 Å². The van der Waals surface area contributed by atoms with Crippen molar-refractivity contribution >= 4 is 12.6 Å². The van der Waals surface area contributed by atoms with Crippen LogP contribution >= 0.6 is 0 Å². The van der Waals surface area contributed by atoms with E-state index in [-0.39, 0.29) is 0 Å². The third-order valence-electron chi connectivity index (χ3n) is 2.14. The van der Waals surface area contributed by atoms with Crippen LogP contribution < -0.4 is 10.2 Å². The van der Waals surface area contributed by atoms with Crippen LogP contribution in [-0.4, -0.2) is 24.7 Å². The summed E-state index contributed by atoms with van der Waals surface area (Å²) in [6.07, 6.45) is 0. The van der Waals surface area contributed by atoms with Crippen molar-refractivity contribution in [1.29, 1.82) is 0 Å². The monoisotopic (exact) mass is 212 g/mol. The first kappa shape index (κ1) is 12.0. The van der Waals surface area contributed by atoms with Crippen LogP contribution in [0.1, 0.15) is 11.1 Å². The standard InChI is InChI=1S/C9H13BO5/c1-6-4-7(2)9(8(5-6)13-3)10(14-11)15-12/h4-5,11-12H,1-3H3. The fourth-order valence-electron chi connectivity index (χ4n) is 1.54. The van der Waals surface area contributed by atoms with Crippen LogP contribution in [-0.2, 0) is 9.61 Å². The summed E-state index contributed by atoms with van der Waals surface area (Å²) < 4.78 is 5.11. The maximum Gasteiger partial charge on any atom is 0.558 e. The highest BCUT2D eigenvalue weighted by atomic mass is 17.2. The molecule has 0 bridgehead atoms. The van der Waals surface area contributed by atoms with Crippen molar-refractivity contribution in [1.82, 2.24) is 0 Å².